The van der Waals surface area contributed by atoms with Gasteiger partial charge in [-0.05, 0) is 19.3 Å². The maximum Gasteiger partial charge on any atom is 0.308 e. The molecule has 0 aliphatic heterocycles. The first-order chi connectivity index (χ1) is 5.24. The third-order valence-corrected chi connectivity index (χ3v) is 2.65. The van der Waals surface area contributed by atoms with Crippen molar-refractivity contribution in [1.29, 1.82) is 0 Å². The van der Waals surface area contributed by atoms with Crippen molar-refractivity contribution < 1.29 is 9.53 Å². The van der Waals surface area contributed by atoms with Crippen LogP contribution in [0.1, 0.15) is 25.7 Å². The Bertz CT molecular complexity index is 147. The molecule has 2 unspecified atom stereocenters. The predicted molar refractivity (Wildman–Crippen MR) is 46.7 cm³/mol. The zero-order valence-corrected chi connectivity index (χ0v) is 7.64. The molecule has 0 saturated heterocycles. The van der Waals surface area contributed by atoms with Crippen LogP contribution in [0.15, 0.2) is 0 Å². The van der Waals surface area contributed by atoms with Gasteiger partial charge in [0.05, 0.1) is 13.0 Å². The van der Waals surface area contributed by atoms with Crippen molar-refractivity contribution in [3.8, 4) is 0 Å². The maximum absolute atomic E-state index is 11.1. The summed E-state index contributed by atoms with van der Waals surface area (Å²) in [5.74, 6) is 0.0417. The number of ether oxygens (including phenoxy) is 1. The molecule has 1 rings (SSSR count). The lowest BCUT2D eigenvalue weighted by atomic mass is 9.89. The summed E-state index contributed by atoms with van der Waals surface area (Å²) in [5, 5.41) is 0.396. The first-order valence-electron chi connectivity index (χ1n) is 4.00. The highest BCUT2D eigenvalue weighted by atomic mass is 32.1. The van der Waals surface area contributed by atoms with Gasteiger partial charge in [0.2, 0.25) is 0 Å². The SMILES string of the molecule is COC(=O)C1CCCC(S)C1. The zero-order valence-electron chi connectivity index (χ0n) is 6.75. The summed E-state index contributed by atoms with van der Waals surface area (Å²) in [5.41, 5.74) is 0. The average Bonchev–Trinajstić information content (AvgIpc) is 2.03. The van der Waals surface area contributed by atoms with Gasteiger partial charge < -0.3 is 4.74 Å². The molecular formula is C8H14O2S. The number of methoxy groups -OCH3 is 1. The minimum absolute atomic E-state index is 0.0660. The number of esters is 1. The third-order valence-electron chi connectivity index (χ3n) is 2.18. The van der Waals surface area contributed by atoms with Crippen molar-refractivity contribution in [2.75, 3.05) is 7.11 Å². The van der Waals surface area contributed by atoms with Crippen LogP contribution in [0.4, 0.5) is 0 Å². The Morgan fingerprint density at radius 1 is 1.55 bits per heavy atom. The van der Waals surface area contributed by atoms with Crippen LogP contribution in [-0.2, 0) is 9.53 Å². The van der Waals surface area contributed by atoms with Crippen molar-refractivity contribution in [2.24, 2.45) is 5.92 Å². The zero-order chi connectivity index (χ0) is 8.27. The second-order valence-corrected chi connectivity index (χ2v) is 3.77. The Labute approximate surface area is 72.7 Å². The van der Waals surface area contributed by atoms with Gasteiger partial charge in [-0.2, -0.15) is 12.6 Å². The second kappa shape index (κ2) is 4.00. The van der Waals surface area contributed by atoms with E-state index in [0.29, 0.717) is 5.25 Å². The maximum atomic E-state index is 11.1. The van der Waals surface area contributed by atoms with Gasteiger partial charge in [-0.3, -0.25) is 4.79 Å². The van der Waals surface area contributed by atoms with E-state index in [9.17, 15) is 4.79 Å². The Hall–Kier alpha value is -0.180. The number of carbonyl (C=O) groups excluding carboxylic acids is 1. The van der Waals surface area contributed by atoms with Crippen LogP contribution in [0.3, 0.4) is 0 Å². The van der Waals surface area contributed by atoms with Crippen molar-refractivity contribution in [3.63, 3.8) is 0 Å². The Balaban J connectivity index is 2.39. The van der Waals surface area contributed by atoms with Crippen LogP contribution in [0.5, 0.6) is 0 Å². The smallest absolute Gasteiger partial charge is 0.308 e. The van der Waals surface area contributed by atoms with E-state index in [1.165, 1.54) is 7.11 Å². The molecule has 2 atom stereocenters. The molecule has 1 aliphatic rings. The fourth-order valence-electron chi connectivity index (χ4n) is 1.54. The van der Waals surface area contributed by atoms with E-state index in [1.807, 2.05) is 0 Å². The lowest BCUT2D eigenvalue weighted by Crippen LogP contribution is -2.24. The summed E-state index contributed by atoms with van der Waals surface area (Å²) in [4.78, 5) is 11.1. The molecule has 2 nitrogen and oxygen atoms in total. The number of thiol groups is 1. The molecule has 1 aliphatic carbocycles. The van der Waals surface area contributed by atoms with Gasteiger partial charge in [0.15, 0.2) is 0 Å². The minimum Gasteiger partial charge on any atom is -0.469 e. The fourth-order valence-corrected chi connectivity index (χ4v) is 1.98. The predicted octanol–water partition coefficient (Wildman–Crippen LogP) is 1.65. The average molecular weight is 174 g/mol. The van der Waals surface area contributed by atoms with E-state index < -0.39 is 0 Å². The van der Waals surface area contributed by atoms with Crippen LogP contribution < -0.4 is 0 Å². The van der Waals surface area contributed by atoms with Crippen LogP contribution in [0, 0.1) is 5.92 Å². The van der Waals surface area contributed by atoms with Gasteiger partial charge in [0.25, 0.3) is 0 Å². The number of hydrogen-bond acceptors (Lipinski definition) is 3. The first-order valence-corrected chi connectivity index (χ1v) is 4.51. The van der Waals surface area contributed by atoms with Crippen molar-refractivity contribution in [1.82, 2.24) is 0 Å². The second-order valence-electron chi connectivity index (χ2n) is 3.04. The highest BCUT2D eigenvalue weighted by Gasteiger charge is 2.25. The number of rotatable bonds is 1. The molecule has 0 heterocycles. The van der Waals surface area contributed by atoms with Crippen LogP contribution in [0.2, 0.25) is 0 Å². The van der Waals surface area contributed by atoms with Gasteiger partial charge in [0.1, 0.15) is 0 Å². The third kappa shape index (κ3) is 2.40. The minimum atomic E-state index is -0.0660. The molecule has 0 aromatic carbocycles. The summed E-state index contributed by atoms with van der Waals surface area (Å²) < 4.78 is 4.67. The molecule has 1 saturated carbocycles. The molecule has 1 fully saturated rings. The number of carbonyl (C=O) groups is 1. The highest BCUT2D eigenvalue weighted by molar-refractivity contribution is 7.80. The lowest BCUT2D eigenvalue weighted by molar-refractivity contribution is -0.146. The van der Waals surface area contributed by atoms with E-state index in [4.69, 9.17) is 0 Å². The molecule has 0 aromatic rings. The van der Waals surface area contributed by atoms with Gasteiger partial charge in [-0.25, -0.2) is 0 Å². The molecule has 0 radical (unpaired) electrons. The van der Waals surface area contributed by atoms with Gasteiger partial charge in [-0.1, -0.05) is 6.42 Å². The van der Waals surface area contributed by atoms with E-state index in [-0.39, 0.29) is 11.9 Å². The molecular weight excluding hydrogens is 160 g/mol. The van der Waals surface area contributed by atoms with E-state index >= 15 is 0 Å². The molecule has 0 amide bonds. The molecule has 0 bridgehead atoms. The van der Waals surface area contributed by atoms with E-state index in [2.05, 4.69) is 17.4 Å². The Morgan fingerprint density at radius 2 is 2.27 bits per heavy atom. The first kappa shape index (κ1) is 8.91. The summed E-state index contributed by atoms with van der Waals surface area (Å²) in [6.07, 6.45) is 4.10. The Morgan fingerprint density at radius 3 is 2.82 bits per heavy atom. The van der Waals surface area contributed by atoms with Crippen LogP contribution in [0.25, 0.3) is 0 Å². The summed E-state index contributed by atoms with van der Waals surface area (Å²) in [7, 11) is 1.45. The topological polar surface area (TPSA) is 26.3 Å². The lowest BCUT2D eigenvalue weighted by Gasteiger charge is -2.23. The molecule has 0 spiro atoms. The van der Waals surface area contributed by atoms with Crippen molar-refractivity contribution in [3.05, 3.63) is 0 Å². The quantitative estimate of drug-likeness (QED) is 0.483. The fraction of sp³-hybridized carbons (Fsp3) is 0.875. The molecule has 64 valence electrons. The van der Waals surface area contributed by atoms with Crippen LogP contribution in [-0.4, -0.2) is 18.3 Å². The van der Waals surface area contributed by atoms with Crippen molar-refractivity contribution in [2.45, 2.75) is 30.9 Å². The highest BCUT2D eigenvalue weighted by Crippen LogP contribution is 2.27. The van der Waals surface area contributed by atoms with E-state index in [1.54, 1.807) is 0 Å². The normalized spacial score (nSPS) is 31.5. The molecule has 11 heavy (non-hydrogen) atoms. The van der Waals surface area contributed by atoms with E-state index in [0.717, 1.165) is 25.7 Å². The van der Waals surface area contributed by atoms with Gasteiger partial charge in [-0.15, -0.1) is 0 Å². The Kier molecular flexibility index (Phi) is 3.24. The molecule has 0 N–H and O–H groups in total. The van der Waals surface area contributed by atoms with Gasteiger partial charge in [0, 0.05) is 5.25 Å². The monoisotopic (exact) mass is 174 g/mol. The van der Waals surface area contributed by atoms with Crippen LogP contribution >= 0.6 is 12.6 Å². The summed E-state index contributed by atoms with van der Waals surface area (Å²) in [6.45, 7) is 0. The summed E-state index contributed by atoms with van der Waals surface area (Å²) in [6, 6.07) is 0. The van der Waals surface area contributed by atoms with Crippen molar-refractivity contribution >= 4 is 18.6 Å². The van der Waals surface area contributed by atoms with Gasteiger partial charge >= 0.3 is 5.97 Å². The molecule has 3 heteroatoms. The summed E-state index contributed by atoms with van der Waals surface area (Å²) >= 11 is 4.35. The number of hydrogen-bond donors (Lipinski definition) is 1. The standard InChI is InChI=1S/C8H14O2S/c1-10-8(9)6-3-2-4-7(11)5-6/h6-7,11H,2-5H2,1H3. The largest absolute Gasteiger partial charge is 0.469 e. The molecule has 0 aromatic heterocycles.